The third-order valence-corrected chi connectivity index (χ3v) is 8.25. The van der Waals surface area contributed by atoms with Crippen molar-refractivity contribution in [3.8, 4) is 22.5 Å². The summed E-state index contributed by atoms with van der Waals surface area (Å²) in [5.74, 6) is 1.16. The predicted molar refractivity (Wildman–Crippen MR) is 205 cm³/mol. The van der Waals surface area contributed by atoms with Gasteiger partial charge >= 0.3 is 11.9 Å². The summed E-state index contributed by atoms with van der Waals surface area (Å²) in [6, 6.07) is 44.0. The Morgan fingerprint density at radius 1 is 0.712 bits per heavy atom. The van der Waals surface area contributed by atoms with Crippen molar-refractivity contribution >= 4 is 23.5 Å². The van der Waals surface area contributed by atoms with Gasteiger partial charge in [0.15, 0.2) is 0 Å². The minimum absolute atomic E-state index is 0.268. The topological polar surface area (TPSA) is 110 Å². The number of esters is 1. The molecule has 0 aliphatic heterocycles. The number of ether oxygens (including phenoxy) is 1. The minimum atomic E-state index is -0.914. The van der Waals surface area contributed by atoms with Gasteiger partial charge in [0, 0.05) is 24.2 Å². The number of rotatable bonds is 9. The Morgan fingerprint density at radius 3 is 1.77 bits per heavy atom. The Bertz CT molecular complexity index is 2150. The first-order valence-corrected chi connectivity index (χ1v) is 17.2. The van der Waals surface area contributed by atoms with Crippen molar-refractivity contribution in [1.29, 1.82) is 0 Å². The van der Waals surface area contributed by atoms with Crippen LogP contribution in [-0.4, -0.2) is 36.6 Å². The number of aryl methyl sites for hydroxylation is 2. The summed E-state index contributed by atoms with van der Waals surface area (Å²) in [6.45, 7) is 4.92. The highest BCUT2D eigenvalue weighted by molar-refractivity contribution is 6.17. The maximum absolute atomic E-state index is 12.3. The largest absolute Gasteiger partial charge is 0.478 e. The zero-order valence-corrected chi connectivity index (χ0v) is 29.7. The number of nitrogens with one attached hydrogen (secondary N) is 1. The first-order valence-electron chi connectivity index (χ1n) is 16.6. The molecule has 0 unspecified atom stereocenters. The highest BCUT2D eigenvalue weighted by atomic mass is 35.5. The number of aromatic amines is 1. The Balaban J connectivity index is 0.000000187. The van der Waals surface area contributed by atoms with Crippen molar-refractivity contribution < 1.29 is 19.4 Å². The molecular formula is C43H39ClN4O4. The van der Waals surface area contributed by atoms with Crippen molar-refractivity contribution in [2.75, 3.05) is 0 Å². The number of aromatic carboxylic acids is 1. The van der Waals surface area contributed by atoms with Crippen LogP contribution in [-0.2, 0) is 23.8 Å². The second-order valence-corrected chi connectivity index (χ2v) is 12.1. The number of benzene rings is 5. The van der Waals surface area contributed by atoms with Crippen LogP contribution in [0.5, 0.6) is 0 Å². The van der Waals surface area contributed by atoms with E-state index in [1.807, 2.05) is 111 Å². The molecule has 0 aliphatic rings. The number of halogens is 1. The predicted octanol–water partition coefficient (Wildman–Crippen LogP) is 9.77. The highest BCUT2D eigenvalue weighted by Gasteiger charge is 2.11. The monoisotopic (exact) mass is 710 g/mol. The van der Waals surface area contributed by atoms with E-state index < -0.39 is 5.97 Å². The summed E-state index contributed by atoms with van der Waals surface area (Å²) in [5.41, 5.74) is 7.88. The number of hydrogen-bond donors (Lipinski definition) is 2. The summed E-state index contributed by atoms with van der Waals surface area (Å²) >= 11 is 5.53. The number of alkyl halides is 1. The van der Waals surface area contributed by atoms with E-state index in [-0.39, 0.29) is 18.1 Å². The molecule has 52 heavy (non-hydrogen) atoms. The van der Waals surface area contributed by atoms with Gasteiger partial charge in [0.2, 0.25) is 0 Å². The van der Waals surface area contributed by atoms with Crippen LogP contribution in [0.4, 0.5) is 0 Å². The normalized spacial score (nSPS) is 10.3. The molecule has 5 aromatic carbocycles. The fraction of sp³-hybridized carbons (Fsp3) is 0.116. The van der Waals surface area contributed by atoms with E-state index >= 15 is 0 Å². The molecule has 2 heterocycles. The molecule has 7 aromatic rings. The van der Waals surface area contributed by atoms with E-state index in [1.165, 1.54) is 11.1 Å². The summed E-state index contributed by atoms with van der Waals surface area (Å²) in [4.78, 5) is 34.8. The van der Waals surface area contributed by atoms with Crippen LogP contribution in [0.3, 0.4) is 0 Å². The average Bonchev–Trinajstić information content (AvgIpc) is 3.80. The van der Waals surface area contributed by atoms with E-state index in [0.717, 1.165) is 46.3 Å². The van der Waals surface area contributed by atoms with Crippen molar-refractivity contribution in [1.82, 2.24) is 19.5 Å². The van der Waals surface area contributed by atoms with Gasteiger partial charge in [0.1, 0.15) is 18.3 Å². The molecule has 262 valence electrons. The summed E-state index contributed by atoms with van der Waals surface area (Å²) < 4.78 is 7.52. The molecule has 2 N–H and O–H groups in total. The Kier molecular flexibility index (Phi) is 13.3. The lowest BCUT2D eigenvalue weighted by Crippen LogP contribution is -2.05. The highest BCUT2D eigenvalue weighted by Crippen LogP contribution is 2.21. The van der Waals surface area contributed by atoms with Crippen molar-refractivity contribution in [2.45, 2.75) is 32.9 Å². The number of carboxylic acids is 1. The minimum Gasteiger partial charge on any atom is -0.478 e. The molecule has 0 amide bonds. The number of hydrogen-bond acceptors (Lipinski definition) is 5. The molecule has 2 aromatic heterocycles. The second-order valence-electron chi connectivity index (χ2n) is 11.8. The van der Waals surface area contributed by atoms with Gasteiger partial charge < -0.3 is 19.4 Å². The SMILES string of the molecule is Cc1nc(-c2ccc(C(=O)OCc3ccccc3)cc2)cn1Cc1ccccc1.Cc1ncc(-c2ccc(C(=O)O)cc2)[nH]1.ClCc1ccccc1. The average molecular weight is 711 g/mol. The molecule has 0 fully saturated rings. The van der Waals surface area contributed by atoms with Gasteiger partial charge in [-0.1, -0.05) is 115 Å². The number of nitrogens with zero attached hydrogens (tertiary/aromatic N) is 3. The Hall–Kier alpha value is -6.25. The third-order valence-electron chi connectivity index (χ3n) is 7.94. The molecule has 0 spiro atoms. The van der Waals surface area contributed by atoms with E-state index in [1.54, 1.807) is 42.6 Å². The van der Waals surface area contributed by atoms with Crippen molar-refractivity contribution in [3.63, 3.8) is 0 Å². The van der Waals surface area contributed by atoms with Gasteiger partial charge in [-0.15, -0.1) is 11.6 Å². The first kappa shape index (κ1) is 37.0. The molecular weight excluding hydrogens is 672 g/mol. The molecule has 0 aliphatic carbocycles. The zero-order valence-electron chi connectivity index (χ0n) is 28.9. The standard InChI is InChI=1S/C25H22N2O2.C11H10N2O2.C7H7Cl/c1-19-26-24(17-27(19)16-20-8-4-2-5-9-20)22-12-14-23(15-13-22)25(28)29-18-21-10-6-3-7-11-21;1-7-12-6-10(13-7)8-2-4-9(5-3-8)11(14)15;8-6-7-4-2-1-3-5-7/h2-15,17H,16,18H2,1H3;2-6H,1H3,(H,12,13)(H,14,15);1-5H,6H2. The molecule has 0 bridgehead atoms. The van der Waals surface area contributed by atoms with Gasteiger partial charge in [-0.2, -0.15) is 0 Å². The number of imidazole rings is 2. The number of carbonyl (C=O) groups is 2. The summed E-state index contributed by atoms with van der Waals surface area (Å²) in [7, 11) is 0. The maximum Gasteiger partial charge on any atom is 0.338 e. The molecule has 0 saturated heterocycles. The first-order chi connectivity index (χ1) is 25.3. The van der Waals surface area contributed by atoms with Crippen LogP contribution in [0, 0.1) is 13.8 Å². The van der Waals surface area contributed by atoms with Crippen molar-refractivity contribution in [3.05, 3.63) is 191 Å². The summed E-state index contributed by atoms with van der Waals surface area (Å²) in [6.07, 6.45) is 3.77. The van der Waals surface area contributed by atoms with E-state index in [2.05, 4.69) is 31.7 Å². The van der Waals surface area contributed by atoms with E-state index in [4.69, 9.17) is 21.4 Å². The lowest BCUT2D eigenvalue weighted by molar-refractivity contribution is 0.0472. The fourth-order valence-electron chi connectivity index (χ4n) is 5.10. The van der Waals surface area contributed by atoms with Gasteiger partial charge in [-0.05, 0) is 60.4 Å². The third kappa shape index (κ3) is 10.9. The van der Waals surface area contributed by atoms with Gasteiger partial charge in [0.25, 0.3) is 0 Å². The number of H-pyrrole nitrogens is 1. The number of carboxylic acid groups (broad SMARTS) is 1. The lowest BCUT2D eigenvalue weighted by atomic mass is 10.1. The quantitative estimate of drug-likeness (QED) is 0.114. The molecule has 0 radical (unpaired) electrons. The van der Waals surface area contributed by atoms with Gasteiger partial charge in [-0.25, -0.2) is 19.6 Å². The number of carbonyl (C=O) groups excluding carboxylic acids is 1. The van der Waals surface area contributed by atoms with Crippen LogP contribution in [0.15, 0.2) is 152 Å². The van der Waals surface area contributed by atoms with Gasteiger partial charge in [-0.3, -0.25) is 0 Å². The molecule has 9 heteroatoms. The van der Waals surface area contributed by atoms with Crippen LogP contribution >= 0.6 is 11.6 Å². The molecule has 8 nitrogen and oxygen atoms in total. The van der Waals surface area contributed by atoms with E-state index in [0.29, 0.717) is 11.4 Å². The number of aromatic nitrogens is 4. The fourth-order valence-corrected chi connectivity index (χ4v) is 5.28. The maximum atomic E-state index is 12.3. The van der Waals surface area contributed by atoms with Gasteiger partial charge in [0.05, 0.1) is 28.7 Å². The molecule has 0 atom stereocenters. The Morgan fingerprint density at radius 2 is 1.25 bits per heavy atom. The molecule has 7 rings (SSSR count). The van der Waals surface area contributed by atoms with E-state index in [9.17, 15) is 9.59 Å². The molecule has 0 saturated carbocycles. The second kappa shape index (κ2) is 18.7. The zero-order chi connectivity index (χ0) is 36.7. The van der Waals surface area contributed by atoms with Crippen LogP contribution in [0.1, 0.15) is 49.1 Å². The van der Waals surface area contributed by atoms with Crippen LogP contribution in [0.25, 0.3) is 22.5 Å². The summed E-state index contributed by atoms with van der Waals surface area (Å²) in [5, 5.41) is 8.73. The smallest absolute Gasteiger partial charge is 0.338 e. The van der Waals surface area contributed by atoms with Crippen LogP contribution < -0.4 is 0 Å². The van der Waals surface area contributed by atoms with Crippen molar-refractivity contribution in [2.24, 2.45) is 0 Å². The Labute approximate surface area is 308 Å². The van der Waals surface area contributed by atoms with Crippen LogP contribution in [0.2, 0.25) is 0 Å². The lowest BCUT2D eigenvalue weighted by Gasteiger charge is -2.05.